The number of nitrogen functional groups attached to an aromatic ring is 1. The molecule has 0 fully saturated rings. The second-order valence-corrected chi connectivity index (χ2v) is 4.69. The Balaban J connectivity index is 2.21. The average Bonchev–Trinajstić information content (AvgIpc) is 2.78. The second kappa shape index (κ2) is 5.08. The van der Waals surface area contributed by atoms with E-state index >= 15 is 0 Å². The zero-order valence-corrected chi connectivity index (χ0v) is 10.6. The van der Waals surface area contributed by atoms with E-state index in [0.29, 0.717) is 28.9 Å². The summed E-state index contributed by atoms with van der Waals surface area (Å²) in [6.45, 7) is 4.29. The molecule has 1 aromatic carbocycles. The lowest BCUT2D eigenvalue weighted by atomic mass is 10.1. The number of nitrogens with zero attached hydrogens (tertiary/aromatic N) is 2. The van der Waals surface area contributed by atoms with Crippen LogP contribution in [0.2, 0.25) is 0 Å². The molecule has 0 bridgehead atoms. The number of para-hydroxylation sites is 1. The zero-order chi connectivity index (χ0) is 13.1. The van der Waals surface area contributed by atoms with Crippen molar-refractivity contribution in [2.75, 3.05) is 5.73 Å². The van der Waals surface area contributed by atoms with Gasteiger partial charge in [-0.2, -0.15) is 4.98 Å². The largest absolute Gasteiger partial charge is 0.505 e. The van der Waals surface area contributed by atoms with Gasteiger partial charge < -0.3 is 15.4 Å². The lowest BCUT2D eigenvalue weighted by Gasteiger charge is -2.01. The first-order valence-electron chi connectivity index (χ1n) is 5.98. The minimum Gasteiger partial charge on any atom is -0.505 e. The van der Waals surface area contributed by atoms with E-state index in [-0.39, 0.29) is 5.75 Å². The zero-order valence-electron chi connectivity index (χ0n) is 10.6. The van der Waals surface area contributed by atoms with E-state index in [2.05, 4.69) is 24.0 Å². The Labute approximate surface area is 106 Å². The van der Waals surface area contributed by atoms with E-state index < -0.39 is 0 Å². The maximum absolute atomic E-state index is 9.83. The number of aryl methyl sites for hydroxylation is 1. The number of hydrogen-bond acceptors (Lipinski definition) is 5. The van der Waals surface area contributed by atoms with Crippen molar-refractivity contribution in [3.05, 3.63) is 24.0 Å². The highest BCUT2D eigenvalue weighted by Crippen LogP contribution is 2.32. The molecule has 18 heavy (non-hydrogen) atoms. The molecular weight excluding hydrogens is 230 g/mol. The maximum Gasteiger partial charge on any atom is 0.261 e. The molecule has 0 amide bonds. The van der Waals surface area contributed by atoms with Crippen molar-refractivity contribution in [1.29, 1.82) is 0 Å². The molecule has 0 unspecified atom stereocenters. The molecule has 0 atom stereocenters. The van der Waals surface area contributed by atoms with Gasteiger partial charge in [0.15, 0.2) is 11.6 Å². The van der Waals surface area contributed by atoms with Crippen molar-refractivity contribution in [2.24, 2.45) is 5.92 Å². The predicted molar refractivity (Wildman–Crippen MR) is 69.0 cm³/mol. The lowest BCUT2D eigenvalue weighted by molar-refractivity contribution is 0.414. The fourth-order valence-corrected chi connectivity index (χ4v) is 1.62. The standard InChI is InChI=1S/C13H17N3O2/c1-8(2)6-7-11-15-13(18-16-11)9-4-3-5-10(14)12(9)17/h3-5,8,17H,6-7,14H2,1-2H3. The fourth-order valence-electron chi connectivity index (χ4n) is 1.62. The highest BCUT2D eigenvalue weighted by Gasteiger charge is 2.14. The van der Waals surface area contributed by atoms with Crippen LogP contribution in [-0.4, -0.2) is 15.2 Å². The Hall–Kier alpha value is -2.04. The Morgan fingerprint density at radius 1 is 1.39 bits per heavy atom. The topological polar surface area (TPSA) is 85.2 Å². The van der Waals surface area contributed by atoms with Gasteiger partial charge in [0.05, 0.1) is 11.3 Å². The Kier molecular flexibility index (Phi) is 3.50. The maximum atomic E-state index is 9.83. The van der Waals surface area contributed by atoms with Gasteiger partial charge in [0.25, 0.3) is 5.89 Å². The first-order valence-corrected chi connectivity index (χ1v) is 5.98. The van der Waals surface area contributed by atoms with Crippen LogP contribution in [0.1, 0.15) is 26.1 Å². The highest BCUT2D eigenvalue weighted by atomic mass is 16.5. The number of aromatic nitrogens is 2. The summed E-state index contributed by atoms with van der Waals surface area (Å²) in [7, 11) is 0. The first-order chi connectivity index (χ1) is 8.58. The third-order valence-corrected chi connectivity index (χ3v) is 2.71. The lowest BCUT2D eigenvalue weighted by Crippen LogP contribution is -1.94. The molecule has 3 N–H and O–H groups in total. The first kappa shape index (κ1) is 12.4. The van der Waals surface area contributed by atoms with Gasteiger partial charge in [-0.15, -0.1) is 0 Å². The monoisotopic (exact) mass is 247 g/mol. The molecule has 0 spiro atoms. The summed E-state index contributed by atoms with van der Waals surface area (Å²) < 4.78 is 5.14. The quantitative estimate of drug-likeness (QED) is 0.640. The van der Waals surface area contributed by atoms with Crippen molar-refractivity contribution in [2.45, 2.75) is 26.7 Å². The predicted octanol–water partition coefficient (Wildman–Crippen LogP) is 2.61. The van der Waals surface area contributed by atoms with Gasteiger partial charge >= 0.3 is 0 Å². The number of hydrogen-bond donors (Lipinski definition) is 2. The number of rotatable bonds is 4. The minimum absolute atomic E-state index is 0.0171. The van der Waals surface area contributed by atoms with E-state index in [1.54, 1.807) is 18.2 Å². The van der Waals surface area contributed by atoms with Gasteiger partial charge in [-0.1, -0.05) is 25.1 Å². The Bertz CT molecular complexity index is 535. The van der Waals surface area contributed by atoms with Gasteiger partial charge in [0, 0.05) is 6.42 Å². The van der Waals surface area contributed by atoms with Crippen LogP contribution >= 0.6 is 0 Å². The van der Waals surface area contributed by atoms with Gasteiger partial charge in [0.1, 0.15) is 0 Å². The summed E-state index contributed by atoms with van der Waals surface area (Å²) in [4.78, 5) is 4.26. The summed E-state index contributed by atoms with van der Waals surface area (Å²) in [6, 6.07) is 5.06. The molecule has 5 heteroatoms. The molecule has 96 valence electrons. The minimum atomic E-state index is -0.0171. The number of nitrogens with two attached hydrogens (primary N) is 1. The van der Waals surface area contributed by atoms with Crippen molar-refractivity contribution in [1.82, 2.24) is 10.1 Å². The number of benzene rings is 1. The van der Waals surface area contributed by atoms with E-state index in [0.717, 1.165) is 12.8 Å². The molecular formula is C13H17N3O2. The van der Waals surface area contributed by atoms with E-state index in [1.165, 1.54) is 0 Å². The van der Waals surface area contributed by atoms with Gasteiger partial charge in [-0.3, -0.25) is 0 Å². The van der Waals surface area contributed by atoms with Crippen molar-refractivity contribution in [3.8, 4) is 17.2 Å². The Morgan fingerprint density at radius 3 is 2.89 bits per heavy atom. The molecule has 1 heterocycles. The number of phenolic OH excluding ortho intramolecular Hbond substituents is 1. The molecule has 0 saturated carbocycles. The molecule has 0 radical (unpaired) electrons. The van der Waals surface area contributed by atoms with Crippen LogP contribution in [0.5, 0.6) is 5.75 Å². The average molecular weight is 247 g/mol. The van der Waals surface area contributed by atoms with E-state index in [4.69, 9.17) is 10.3 Å². The third kappa shape index (κ3) is 2.61. The van der Waals surface area contributed by atoms with Crippen LogP contribution in [0.15, 0.2) is 22.7 Å². The van der Waals surface area contributed by atoms with E-state index in [9.17, 15) is 5.11 Å². The smallest absolute Gasteiger partial charge is 0.261 e. The molecule has 0 aliphatic heterocycles. The molecule has 0 aliphatic carbocycles. The highest BCUT2D eigenvalue weighted by molar-refractivity contribution is 5.71. The van der Waals surface area contributed by atoms with E-state index in [1.807, 2.05) is 0 Å². The van der Waals surface area contributed by atoms with Crippen molar-refractivity contribution < 1.29 is 9.63 Å². The summed E-state index contributed by atoms with van der Waals surface area (Å²) in [5.41, 5.74) is 6.39. The van der Waals surface area contributed by atoms with Crippen molar-refractivity contribution in [3.63, 3.8) is 0 Å². The number of phenols is 1. The van der Waals surface area contributed by atoms with Crippen LogP contribution in [0.3, 0.4) is 0 Å². The summed E-state index contributed by atoms with van der Waals surface area (Å²) in [5.74, 6) is 1.53. The fraction of sp³-hybridized carbons (Fsp3) is 0.385. The molecule has 0 aliphatic rings. The summed E-state index contributed by atoms with van der Waals surface area (Å²) >= 11 is 0. The van der Waals surface area contributed by atoms with Crippen LogP contribution in [0.25, 0.3) is 11.5 Å². The van der Waals surface area contributed by atoms with Crippen LogP contribution in [-0.2, 0) is 6.42 Å². The van der Waals surface area contributed by atoms with Crippen molar-refractivity contribution >= 4 is 5.69 Å². The second-order valence-electron chi connectivity index (χ2n) is 4.69. The number of anilines is 1. The van der Waals surface area contributed by atoms with Crippen LogP contribution in [0.4, 0.5) is 5.69 Å². The van der Waals surface area contributed by atoms with Gasteiger partial charge in [-0.05, 0) is 24.5 Å². The molecule has 1 aromatic heterocycles. The number of aromatic hydroxyl groups is 1. The van der Waals surface area contributed by atoms with Gasteiger partial charge in [-0.25, -0.2) is 0 Å². The molecule has 2 rings (SSSR count). The molecule has 5 nitrogen and oxygen atoms in total. The summed E-state index contributed by atoms with van der Waals surface area (Å²) in [5, 5.41) is 13.7. The Morgan fingerprint density at radius 2 is 2.17 bits per heavy atom. The van der Waals surface area contributed by atoms with Gasteiger partial charge in [0.2, 0.25) is 0 Å². The molecule has 0 saturated heterocycles. The summed E-state index contributed by atoms with van der Waals surface area (Å²) in [6.07, 6.45) is 1.77. The van der Waals surface area contributed by atoms with Crippen LogP contribution in [0, 0.1) is 5.92 Å². The molecule has 2 aromatic rings. The SMILES string of the molecule is CC(C)CCc1noc(-c2cccc(N)c2O)n1. The van der Waals surface area contributed by atoms with Crippen LogP contribution < -0.4 is 5.73 Å². The normalized spacial score (nSPS) is 11.1. The third-order valence-electron chi connectivity index (χ3n) is 2.71.